The van der Waals surface area contributed by atoms with Gasteiger partial charge in [0.2, 0.25) is 0 Å². The SMILES string of the molecule is Cc1[nH]c(=O)sc1S(=O)(=O)Nc1ccc(CN(C)C)cc1. The molecule has 1 heterocycles. The average Bonchev–Trinajstić information content (AvgIpc) is 2.71. The van der Waals surface area contributed by atoms with Crippen LogP contribution in [0.2, 0.25) is 0 Å². The molecule has 0 spiro atoms. The van der Waals surface area contributed by atoms with Gasteiger partial charge in [-0.05, 0) is 38.7 Å². The lowest BCUT2D eigenvalue weighted by molar-refractivity contribution is 0.402. The minimum absolute atomic E-state index is 0.0184. The van der Waals surface area contributed by atoms with Crippen LogP contribution in [0.15, 0.2) is 33.3 Å². The van der Waals surface area contributed by atoms with Crippen LogP contribution in [0.5, 0.6) is 0 Å². The molecule has 0 amide bonds. The van der Waals surface area contributed by atoms with E-state index in [9.17, 15) is 13.2 Å². The molecule has 0 aliphatic heterocycles. The number of hydrogen-bond acceptors (Lipinski definition) is 5. The first-order valence-electron chi connectivity index (χ1n) is 6.24. The molecule has 2 aromatic rings. The van der Waals surface area contributed by atoms with Gasteiger partial charge in [0, 0.05) is 17.9 Å². The second kappa shape index (κ2) is 6.00. The number of aryl methyl sites for hydroxylation is 1. The van der Waals surface area contributed by atoms with Crippen molar-refractivity contribution in [1.82, 2.24) is 9.88 Å². The van der Waals surface area contributed by atoms with Crippen LogP contribution in [0.4, 0.5) is 5.69 Å². The fourth-order valence-electron chi connectivity index (χ4n) is 1.89. The molecule has 114 valence electrons. The van der Waals surface area contributed by atoms with Crippen LogP contribution in [0.25, 0.3) is 0 Å². The molecule has 1 aromatic heterocycles. The molecule has 0 saturated carbocycles. The van der Waals surface area contributed by atoms with E-state index < -0.39 is 10.0 Å². The van der Waals surface area contributed by atoms with Gasteiger partial charge < -0.3 is 9.88 Å². The predicted octanol–water partition coefficient (Wildman–Crippen LogP) is 1.61. The molecule has 0 fully saturated rings. The Morgan fingerprint density at radius 2 is 1.86 bits per heavy atom. The second-order valence-electron chi connectivity index (χ2n) is 4.97. The molecule has 0 aliphatic carbocycles. The Morgan fingerprint density at radius 1 is 1.24 bits per heavy atom. The van der Waals surface area contributed by atoms with Crippen molar-refractivity contribution in [3.05, 3.63) is 45.2 Å². The fraction of sp³-hybridized carbons (Fsp3) is 0.308. The summed E-state index contributed by atoms with van der Waals surface area (Å²) in [7, 11) is 0.199. The molecule has 0 radical (unpaired) electrons. The topological polar surface area (TPSA) is 82.3 Å². The zero-order valence-electron chi connectivity index (χ0n) is 12.0. The van der Waals surface area contributed by atoms with Crippen LogP contribution in [0.3, 0.4) is 0 Å². The molecule has 6 nitrogen and oxygen atoms in total. The first-order valence-corrected chi connectivity index (χ1v) is 8.54. The van der Waals surface area contributed by atoms with Crippen LogP contribution < -0.4 is 9.60 Å². The molecule has 8 heteroatoms. The molecule has 0 atom stereocenters. The zero-order valence-corrected chi connectivity index (χ0v) is 13.6. The van der Waals surface area contributed by atoms with Gasteiger partial charge in [0.25, 0.3) is 10.0 Å². The Labute approximate surface area is 127 Å². The van der Waals surface area contributed by atoms with E-state index >= 15 is 0 Å². The maximum absolute atomic E-state index is 12.2. The lowest BCUT2D eigenvalue weighted by Crippen LogP contribution is -2.13. The van der Waals surface area contributed by atoms with Crippen LogP contribution in [-0.4, -0.2) is 32.4 Å². The number of hydrogen-bond donors (Lipinski definition) is 2. The highest BCUT2D eigenvalue weighted by Gasteiger charge is 2.20. The van der Waals surface area contributed by atoms with Crippen molar-refractivity contribution in [2.75, 3.05) is 18.8 Å². The van der Waals surface area contributed by atoms with E-state index in [2.05, 4.69) is 9.71 Å². The minimum Gasteiger partial charge on any atom is -0.315 e. The van der Waals surface area contributed by atoms with Gasteiger partial charge in [-0.15, -0.1) is 0 Å². The number of aromatic amines is 1. The lowest BCUT2D eigenvalue weighted by Gasteiger charge is -2.11. The fourth-order valence-corrected chi connectivity index (χ4v) is 4.25. The third-order valence-corrected chi connectivity index (χ3v) is 5.72. The van der Waals surface area contributed by atoms with Crippen molar-refractivity contribution in [3.8, 4) is 0 Å². The van der Waals surface area contributed by atoms with E-state index in [0.29, 0.717) is 22.7 Å². The molecule has 21 heavy (non-hydrogen) atoms. The molecule has 2 rings (SSSR count). The summed E-state index contributed by atoms with van der Waals surface area (Å²) in [6.07, 6.45) is 0. The summed E-state index contributed by atoms with van der Waals surface area (Å²) in [5, 5.41) is 0. The Morgan fingerprint density at radius 3 is 2.33 bits per heavy atom. The number of aromatic nitrogens is 1. The first-order chi connectivity index (χ1) is 9.78. The molecular formula is C13H17N3O3S2. The third-order valence-electron chi connectivity index (χ3n) is 2.73. The van der Waals surface area contributed by atoms with Crippen molar-refractivity contribution in [2.24, 2.45) is 0 Å². The van der Waals surface area contributed by atoms with E-state index in [1.165, 1.54) is 0 Å². The summed E-state index contributed by atoms with van der Waals surface area (Å²) in [6.45, 7) is 2.35. The second-order valence-corrected chi connectivity index (χ2v) is 7.83. The highest BCUT2D eigenvalue weighted by molar-refractivity contribution is 7.94. The standard InChI is InChI=1S/C13H17N3O3S2/c1-9-12(20-13(17)14-9)21(18,19)15-11-6-4-10(5-7-11)8-16(2)3/h4-7,15H,8H2,1-3H3,(H,14,17). The van der Waals surface area contributed by atoms with E-state index in [1.54, 1.807) is 19.1 Å². The van der Waals surface area contributed by atoms with Gasteiger partial charge in [-0.25, -0.2) is 8.42 Å². The summed E-state index contributed by atoms with van der Waals surface area (Å²) in [5.41, 5.74) is 1.91. The van der Waals surface area contributed by atoms with Crippen LogP contribution >= 0.6 is 11.3 Å². The number of nitrogens with zero attached hydrogens (tertiary/aromatic N) is 1. The van der Waals surface area contributed by atoms with Gasteiger partial charge in [0.15, 0.2) is 4.21 Å². The summed E-state index contributed by atoms with van der Waals surface area (Å²) in [4.78, 5) is 15.3. The number of benzene rings is 1. The monoisotopic (exact) mass is 327 g/mol. The van der Waals surface area contributed by atoms with Gasteiger partial charge in [0.1, 0.15) is 0 Å². The minimum atomic E-state index is -3.73. The van der Waals surface area contributed by atoms with Crippen molar-refractivity contribution in [3.63, 3.8) is 0 Å². The smallest absolute Gasteiger partial charge is 0.306 e. The number of thiazole rings is 1. The van der Waals surface area contributed by atoms with Gasteiger partial charge in [-0.1, -0.05) is 23.5 Å². The average molecular weight is 327 g/mol. The van der Waals surface area contributed by atoms with Crippen molar-refractivity contribution in [2.45, 2.75) is 17.7 Å². The van der Waals surface area contributed by atoms with E-state index in [0.717, 1.165) is 12.1 Å². The third kappa shape index (κ3) is 3.93. The summed E-state index contributed by atoms with van der Waals surface area (Å²) >= 11 is 0.684. The van der Waals surface area contributed by atoms with Crippen LogP contribution in [0, 0.1) is 6.92 Å². The molecule has 0 aliphatic rings. The highest BCUT2D eigenvalue weighted by atomic mass is 32.2. The number of anilines is 1. The number of H-pyrrole nitrogens is 1. The van der Waals surface area contributed by atoms with Gasteiger partial charge in [-0.3, -0.25) is 9.52 Å². The zero-order chi connectivity index (χ0) is 15.6. The van der Waals surface area contributed by atoms with Gasteiger partial charge in [0.05, 0.1) is 0 Å². The molecule has 0 saturated heterocycles. The van der Waals surface area contributed by atoms with Crippen LogP contribution in [0.1, 0.15) is 11.3 Å². The Hall–Kier alpha value is -1.64. The largest absolute Gasteiger partial charge is 0.315 e. The summed E-state index contributed by atoms with van der Waals surface area (Å²) < 4.78 is 27.0. The maximum atomic E-state index is 12.2. The molecule has 0 bridgehead atoms. The highest BCUT2D eigenvalue weighted by Crippen LogP contribution is 2.20. The maximum Gasteiger partial charge on any atom is 0.306 e. The number of nitrogens with one attached hydrogen (secondary N) is 2. The molecular weight excluding hydrogens is 310 g/mol. The summed E-state index contributed by atoms with van der Waals surface area (Å²) in [6, 6.07) is 7.15. The van der Waals surface area contributed by atoms with Gasteiger partial charge >= 0.3 is 4.87 Å². The molecule has 1 aromatic carbocycles. The van der Waals surface area contributed by atoms with Gasteiger partial charge in [-0.2, -0.15) is 0 Å². The number of rotatable bonds is 5. The first kappa shape index (κ1) is 15.7. The van der Waals surface area contributed by atoms with E-state index in [1.807, 2.05) is 31.1 Å². The van der Waals surface area contributed by atoms with Crippen LogP contribution in [-0.2, 0) is 16.6 Å². The Bertz CT molecular complexity index is 774. The van der Waals surface area contributed by atoms with E-state index in [-0.39, 0.29) is 9.08 Å². The van der Waals surface area contributed by atoms with Crippen molar-refractivity contribution in [1.29, 1.82) is 0 Å². The summed E-state index contributed by atoms with van der Waals surface area (Å²) in [5.74, 6) is 0. The Kier molecular flexibility index (Phi) is 4.50. The molecule has 2 N–H and O–H groups in total. The predicted molar refractivity (Wildman–Crippen MR) is 84.3 cm³/mol. The van der Waals surface area contributed by atoms with Crippen molar-refractivity contribution < 1.29 is 8.42 Å². The Balaban J connectivity index is 2.21. The lowest BCUT2D eigenvalue weighted by atomic mass is 10.2. The number of sulfonamides is 1. The quantitative estimate of drug-likeness (QED) is 0.874. The molecule has 0 unspecified atom stereocenters. The normalized spacial score (nSPS) is 11.8. The van der Waals surface area contributed by atoms with E-state index in [4.69, 9.17) is 0 Å². The van der Waals surface area contributed by atoms with Crippen molar-refractivity contribution >= 4 is 27.0 Å².